The zero-order valence-corrected chi connectivity index (χ0v) is 21.4. The molecule has 1 aromatic carbocycles. The van der Waals surface area contributed by atoms with Gasteiger partial charge in [0.25, 0.3) is 5.91 Å². The van der Waals surface area contributed by atoms with Crippen LogP contribution in [0, 0.1) is 6.92 Å². The molecule has 0 atom stereocenters. The number of benzene rings is 1. The van der Waals surface area contributed by atoms with Crippen molar-refractivity contribution in [3.63, 3.8) is 0 Å². The number of piperidine rings is 1. The van der Waals surface area contributed by atoms with Crippen molar-refractivity contribution in [2.75, 3.05) is 25.1 Å². The second kappa shape index (κ2) is 9.70. The summed E-state index contributed by atoms with van der Waals surface area (Å²) in [4.78, 5) is 23.1. The number of nitrogens with one attached hydrogen (secondary N) is 1. The van der Waals surface area contributed by atoms with E-state index in [-0.39, 0.29) is 18.0 Å². The molecule has 0 saturated carbocycles. The van der Waals surface area contributed by atoms with Crippen molar-refractivity contribution >= 4 is 34.0 Å². The van der Waals surface area contributed by atoms with E-state index >= 15 is 0 Å². The van der Waals surface area contributed by atoms with Crippen LogP contribution in [0.3, 0.4) is 0 Å². The van der Waals surface area contributed by atoms with E-state index < -0.39 is 0 Å². The van der Waals surface area contributed by atoms with Crippen LogP contribution in [0.4, 0.5) is 5.69 Å². The zero-order valence-electron chi connectivity index (χ0n) is 20.6. The summed E-state index contributed by atoms with van der Waals surface area (Å²) in [6.45, 7) is 8.03. The Hall–Kier alpha value is -3.39. The van der Waals surface area contributed by atoms with Gasteiger partial charge in [-0.1, -0.05) is 0 Å². The fourth-order valence-electron chi connectivity index (χ4n) is 4.62. The molecule has 5 rings (SSSR count). The molecule has 1 amide bonds. The first kappa shape index (κ1) is 23.4. The van der Waals surface area contributed by atoms with Gasteiger partial charge in [0, 0.05) is 35.7 Å². The molecule has 1 N–H and O–H groups in total. The van der Waals surface area contributed by atoms with Gasteiger partial charge >= 0.3 is 0 Å². The predicted octanol–water partition coefficient (Wildman–Crippen LogP) is 5.46. The number of carbonyl (C=O) groups excluding carboxylic acids is 1. The normalized spacial score (nSPS) is 14.6. The lowest BCUT2D eigenvalue weighted by Crippen LogP contribution is -2.44. The van der Waals surface area contributed by atoms with Crippen LogP contribution in [0.25, 0.3) is 21.6 Å². The van der Waals surface area contributed by atoms with Crippen molar-refractivity contribution in [2.45, 2.75) is 45.7 Å². The lowest BCUT2D eigenvalue weighted by atomic mass is 10.0. The van der Waals surface area contributed by atoms with Crippen LogP contribution in [0.15, 0.2) is 48.7 Å². The van der Waals surface area contributed by atoms with E-state index in [1.165, 1.54) is 10.6 Å². The minimum atomic E-state index is -0.0573. The van der Waals surface area contributed by atoms with Crippen molar-refractivity contribution in [3.8, 4) is 16.3 Å². The summed E-state index contributed by atoms with van der Waals surface area (Å²) in [5.74, 6) is 0.801. The smallest absolute Gasteiger partial charge is 0.252 e. The molecule has 0 aliphatic carbocycles. The van der Waals surface area contributed by atoms with Gasteiger partial charge in [-0.25, -0.2) is 9.67 Å². The van der Waals surface area contributed by atoms with Gasteiger partial charge in [0.05, 0.1) is 34.8 Å². The second-order valence-corrected chi connectivity index (χ2v) is 10.6. The molecule has 4 heterocycles. The van der Waals surface area contributed by atoms with Gasteiger partial charge in [-0.3, -0.25) is 4.79 Å². The number of pyridine rings is 1. The number of aryl methyl sites for hydroxylation is 1. The first-order valence-electron chi connectivity index (χ1n) is 12.1. The molecular weight excluding hydrogens is 458 g/mol. The van der Waals surface area contributed by atoms with E-state index in [4.69, 9.17) is 9.72 Å². The van der Waals surface area contributed by atoms with Gasteiger partial charge in [-0.15, -0.1) is 11.3 Å². The van der Waals surface area contributed by atoms with Gasteiger partial charge < -0.3 is 15.0 Å². The Kier molecular flexibility index (Phi) is 6.47. The highest BCUT2D eigenvalue weighted by molar-refractivity contribution is 7.15. The molecule has 8 heteroatoms. The van der Waals surface area contributed by atoms with Crippen LogP contribution in [-0.4, -0.2) is 46.9 Å². The largest absolute Gasteiger partial charge is 0.497 e. The number of fused-ring (bicyclic) bond motifs is 1. The van der Waals surface area contributed by atoms with E-state index in [1.54, 1.807) is 24.6 Å². The van der Waals surface area contributed by atoms with Gasteiger partial charge in [-0.05, 0) is 76.1 Å². The number of anilines is 1. The SMILES string of the molecule is COc1ccc(N2CCC(NC(=O)c3cc(-c4ccc(C)s4)nc4c3cnn4C(C)C)CC2)cc1. The molecule has 1 fully saturated rings. The number of carbonyl (C=O) groups is 1. The summed E-state index contributed by atoms with van der Waals surface area (Å²) in [7, 11) is 1.68. The Bertz CT molecular complexity index is 1330. The van der Waals surface area contributed by atoms with Gasteiger partial charge in [0.15, 0.2) is 5.65 Å². The summed E-state index contributed by atoms with van der Waals surface area (Å²) in [5.41, 5.74) is 3.39. The minimum absolute atomic E-state index is 0.0573. The molecule has 1 saturated heterocycles. The van der Waals surface area contributed by atoms with E-state index in [2.05, 4.69) is 60.4 Å². The third kappa shape index (κ3) is 4.75. The molecular formula is C27H31N5O2S. The van der Waals surface area contributed by atoms with Crippen molar-refractivity contribution in [1.29, 1.82) is 0 Å². The zero-order chi connectivity index (χ0) is 24.5. The Labute approximate surface area is 209 Å². The average Bonchev–Trinajstić information content (AvgIpc) is 3.50. The quantitative estimate of drug-likeness (QED) is 0.390. The number of hydrogen-bond donors (Lipinski definition) is 1. The number of ether oxygens (including phenoxy) is 1. The summed E-state index contributed by atoms with van der Waals surface area (Å²) >= 11 is 1.69. The van der Waals surface area contributed by atoms with Crippen molar-refractivity contribution in [1.82, 2.24) is 20.1 Å². The molecule has 0 spiro atoms. The van der Waals surface area contributed by atoms with Crippen LogP contribution in [0.5, 0.6) is 5.75 Å². The van der Waals surface area contributed by atoms with E-state index in [1.807, 2.05) is 22.9 Å². The van der Waals surface area contributed by atoms with E-state index in [0.29, 0.717) is 5.56 Å². The molecule has 0 bridgehead atoms. The highest BCUT2D eigenvalue weighted by atomic mass is 32.1. The molecule has 182 valence electrons. The number of rotatable bonds is 6. The Balaban J connectivity index is 1.36. The van der Waals surface area contributed by atoms with Gasteiger partial charge in [0.1, 0.15) is 5.75 Å². The Morgan fingerprint density at radius 1 is 1.14 bits per heavy atom. The third-order valence-corrected chi connectivity index (χ3v) is 7.58. The molecule has 3 aromatic heterocycles. The standard InChI is InChI=1S/C27H31N5O2S/c1-17(2)32-26-23(16-28-32)22(15-24(30-26)25-10-5-18(3)35-25)27(33)29-19-11-13-31(14-12-19)20-6-8-21(34-4)9-7-20/h5-10,15-17,19H,11-14H2,1-4H3,(H,29,33). The number of thiophene rings is 1. The predicted molar refractivity (Wildman–Crippen MR) is 142 cm³/mol. The molecule has 35 heavy (non-hydrogen) atoms. The summed E-state index contributed by atoms with van der Waals surface area (Å²) in [5, 5.41) is 8.63. The molecule has 1 aliphatic heterocycles. The van der Waals surface area contributed by atoms with Crippen LogP contribution in [0.2, 0.25) is 0 Å². The lowest BCUT2D eigenvalue weighted by Gasteiger charge is -2.34. The molecule has 1 aliphatic rings. The van der Waals surface area contributed by atoms with Crippen LogP contribution in [0.1, 0.15) is 48.0 Å². The summed E-state index contributed by atoms with van der Waals surface area (Å²) < 4.78 is 7.16. The molecule has 0 unspecified atom stereocenters. The fraction of sp³-hybridized carbons (Fsp3) is 0.370. The fourth-order valence-corrected chi connectivity index (χ4v) is 5.45. The topological polar surface area (TPSA) is 72.3 Å². The van der Waals surface area contributed by atoms with Crippen molar-refractivity contribution in [3.05, 3.63) is 59.1 Å². The number of methoxy groups -OCH3 is 1. The molecule has 7 nitrogen and oxygen atoms in total. The van der Waals surface area contributed by atoms with Crippen LogP contribution < -0.4 is 15.0 Å². The average molecular weight is 490 g/mol. The Morgan fingerprint density at radius 3 is 2.51 bits per heavy atom. The molecule has 4 aromatic rings. The van der Waals surface area contributed by atoms with E-state index in [0.717, 1.165) is 53.3 Å². The van der Waals surface area contributed by atoms with Gasteiger partial charge in [-0.2, -0.15) is 5.10 Å². The third-order valence-electron chi connectivity index (χ3n) is 6.56. The summed E-state index contributed by atoms with van der Waals surface area (Å²) in [6, 6.07) is 14.5. The number of amides is 1. The highest BCUT2D eigenvalue weighted by Crippen LogP contribution is 2.31. The highest BCUT2D eigenvalue weighted by Gasteiger charge is 2.24. The number of aromatic nitrogens is 3. The van der Waals surface area contributed by atoms with Crippen LogP contribution in [-0.2, 0) is 0 Å². The maximum absolute atomic E-state index is 13.5. The van der Waals surface area contributed by atoms with Crippen LogP contribution >= 0.6 is 11.3 Å². The van der Waals surface area contributed by atoms with Crippen molar-refractivity contribution in [2.24, 2.45) is 0 Å². The number of nitrogens with zero attached hydrogens (tertiary/aromatic N) is 4. The molecule has 0 radical (unpaired) electrons. The maximum Gasteiger partial charge on any atom is 0.252 e. The first-order chi connectivity index (χ1) is 16.9. The van der Waals surface area contributed by atoms with E-state index in [9.17, 15) is 4.79 Å². The lowest BCUT2D eigenvalue weighted by molar-refractivity contribution is 0.0932. The maximum atomic E-state index is 13.5. The van der Waals surface area contributed by atoms with Gasteiger partial charge in [0.2, 0.25) is 0 Å². The Morgan fingerprint density at radius 2 is 1.89 bits per heavy atom. The second-order valence-electron chi connectivity index (χ2n) is 9.32. The number of hydrogen-bond acceptors (Lipinski definition) is 6. The van der Waals surface area contributed by atoms with Crippen molar-refractivity contribution < 1.29 is 9.53 Å². The minimum Gasteiger partial charge on any atom is -0.497 e. The summed E-state index contributed by atoms with van der Waals surface area (Å²) in [6.07, 6.45) is 3.56. The first-order valence-corrected chi connectivity index (χ1v) is 12.9. The monoisotopic (exact) mass is 489 g/mol.